The predicted octanol–water partition coefficient (Wildman–Crippen LogP) is 3.11. The lowest BCUT2D eigenvalue weighted by atomic mass is 10.1. The van der Waals surface area contributed by atoms with Crippen molar-refractivity contribution in [1.29, 1.82) is 5.26 Å². The van der Waals surface area contributed by atoms with Crippen LogP contribution in [0, 0.1) is 25.2 Å². The molecule has 0 amide bonds. The average molecular weight is 268 g/mol. The van der Waals surface area contributed by atoms with Gasteiger partial charge in [-0.3, -0.25) is 0 Å². The van der Waals surface area contributed by atoms with Gasteiger partial charge in [-0.05, 0) is 50.6 Å². The Morgan fingerprint density at radius 1 is 1.20 bits per heavy atom. The minimum atomic E-state index is 0.472. The second kappa shape index (κ2) is 6.02. The van der Waals surface area contributed by atoms with Gasteiger partial charge in [0.2, 0.25) is 0 Å². The zero-order valence-corrected chi connectivity index (χ0v) is 11.8. The summed E-state index contributed by atoms with van der Waals surface area (Å²) in [6, 6.07) is 9.66. The van der Waals surface area contributed by atoms with Crippen molar-refractivity contribution in [2.45, 2.75) is 20.8 Å². The van der Waals surface area contributed by atoms with Crippen LogP contribution in [0.5, 0.6) is 5.75 Å². The van der Waals surface area contributed by atoms with Crippen LogP contribution >= 0.6 is 0 Å². The van der Waals surface area contributed by atoms with Crippen LogP contribution in [0.25, 0.3) is 0 Å². The first-order valence-electron chi connectivity index (χ1n) is 6.39. The van der Waals surface area contributed by atoms with E-state index in [4.69, 9.17) is 4.74 Å². The molecule has 1 aromatic carbocycles. The van der Waals surface area contributed by atoms with Crippen molar-refractivity contribution < 1.29 is 4.74 Å². The number of ether oxygens (including phenoxy) is 1. The molecule has 5 nitrogen and oxygen atoms in total. The molecular formula is C15H16N4O. The van der Waals surface area contributed by atoms with Gasteiger partial charge < -0.3 is 10.1 Å². The van der Waals surface area contributed by atoms with Crippen LogP contribution in [0.3, 0.4) is 0 Å². The Kier molecular flexibility index (Phi) is 4.16. The molecule has 20 heavy (non-hydrogen) atoms. The minimum absolute atomic E-state index is 0.472. The standard InChI is InChI=1S/C15H16N4O/c1-4-20-13-7-5-12(6-8-13)17-15-14(9-16)10(2)11(3)18-19-15/h5-8H,4H2,1-3H3,(H,17,19). The summed E-state index contributed by atoms with van der Waals surface area (Å²) >= 11 is 0. The average Bonchev–Trinajstić information content (AvgIpc) is 2.46. The summed E-state index contributed by atoms with van der Waals surface area (Å²) in [5, 5.41) is 20.4. The van der Waals surface area contributed by atoms with E-state index in [0.717, 1.165) is 22.7 Å². The first kappa shape index (κ1) is 13.8. The number of benzene rings is 1. The van der Waals surface area contributed by atoms with Gasteiger partial charge in [-0.2, -0.15) is 10.4 Å². The summed E-state index contributed by atoms with van der Waals surface area (Å²) in [5.74, 6) is 1.28. The lowest BCUT2D eigenvalue weighted by Gasteiger charge is -2.10. The molecule has 0 spiro atoms. The zero-order valence-electron chi connectivity index (χ0n) is 11.8. The van der Waals surface area contributed by atoms with Crippen molar-refractivity contribution in [3.63, 3.8) is 0 Å². The maximum atomic E-state index is 9.24. The third-order valence-corrected chi connectivity index (χ3v) is 2.99. The summed E-state index contributed by atoms with van der Waals surface area (Å²) in [7, 11) is 0. The molecule has 102 valence electrons. The number of anilines is 2. The molecule has 0 radical (unpaired) electrons. The van der Waals surface area contributed by atoms with E-state index in [2.05, 4.69) is 21.6 Å². The molecule has 0 aliphatic carbocycles. The van der Waals surface area contributed by atoms with E-state index in [1.165, 1.54) is 0 Å². The monoisotopic (exact) mass is 268 g/mol. The van der Waals surface area contributed by atoms with Crippen molar-refractivity contribution in [3.05, 3.63) is 41.1 Å². The maximum Gasteiger partial charge on any atom is 0.171 e. The Bertz CT molecular complexity index is 644. The largest absolute Gasteiger partial charge is 0.494 e. The Balaban J connectivity index is 2.26. The van der Waals surface area contributed by atoms with E-state index in [9.17, 15) is 5.26 Å². The number of rotatable bonds is 4. The molecule has 0 saturated heterocycles. The molecule has 0 bridgehead atoms. The van der Waals surface area contributed by atoms with Gasteiger partial charge >= 0.3 is 0 Å². The Hall–Kier alpha value is -2.61. The van der Waals surface area contributed by atoms with Gasteiger partial charge in [0.1, 0.15) is 17.4 Å². The van der Waals surface area contributed by atoms with Crippen LogP contribution in [-0.4, -0.2) is 16.8 Å². The highest BCUT2D eigenvalue weighted by Gasteiger charge is 2.10. The van der Waals surface area contributed by atoms with Gasteiger partial charge in [-0.1, -0.05) is 0 Å². The Morgan fingerprint density at radius 3 is 2.50 bits per heavy atom. The second-order valence-corrected chi connectivity index (χ2v) is 4.33. The summed E-state index contributed by atoms with van der Waals surface area (Å²) < 4.78 is 5.38. The number of aryl methyl sites for hydroxylation is 1. The van der Waals surface area contributed by atoms with E-state index in [1.807, 2.05) is 45.0 Å². The first-order chi connectivity index (χ1) is 9.65. The highest BCUT2D eigenvalue weighted by atomic mass is 16.5. The van der Waals surface area contributed by atoms with E-state index >= 15 is 0 Å². The van der Waals surface area contributed by atoms with Crippen molar-refractivity contribution >= 4 is 11.5 Å². The normalized spacial score (nSPS) is 9.90. The topological polar surface area (TPSA) is 70.8 Å². The summed E-state index contributed by atoms with van der Waals surface area (Å²) in [5.41, 5.74) is 2.96. The molecule has 1 N–H and O–H groups in total. The van der Waals surface area contributed by atoms with Crippen molar-refractivity contribution in [2.24, 2.45) is 0 Å². The van der Waals surface area contributed by atoms with Crippen LogP contribution in [0.1, 0.15) is 23.7 Å². The summed E-state index contributed by atoms with van der Waals surface area (Å²) in [4.78, 5) is 0. The third-order valence-electron chi connectivity index (χ3n) is 2.99. The summed E-state index contributed by atoms with van der Waals surface area (Å²) in [6.45, 7) is 6.28. The van der Waals surface area contributed by atoms with Gasteiger partial charge in [0.15, 0.2) is 5.82 Å². The van der Waals surface area contributed by atoms with E-state index < -0.39 is 0 Å². The Labute approximate surface area is 118 Å². The molecule has 0 fully saturated rings. The smallest absolute Gasteiger partial charge is 0.171 e. The number of nitrogens with zero attached hydrogens (tertiary/aromatic N) is 3. The van der Waals surface area contributed by atoms with Crippen molar-refractivity contribution in [1.82, 2.24) is 10.2 Å². The van der Waals surface area contributed by atoms with Gasteiger partial charge in [0.25, 0.3) is 0 Å². The SMILES string of the molecule is CCOc1ccc(Nc2nnc(C)c(C)c2C#N)cc1. The maximum absolute atomic E-state index is 9.24. The van der Waals surface area contributed by atoms with E-state index in [1.54, 1.807) is 0 Å². The van der Waals surface area contributed by atoms with Crippen molar-refractivity contribution in [2.75, 3.05) is 11.9 Å². The zero-order chi connectivity index (χ0) is 14.5. The van der Waals surface area contributed by atoms with Crippen LogP contribution < -0.4 is 10.1 Å². The lowest BCUT2D eigenvalue weighted by molar-refractivity contribution is 0.340. The molecule has 2 aromatic rings. The molecule has 1 heterocycles. The fraction of sp³-hybridized carbons (Fsp3) is 0.267. The minimum Gasteiger partial charge on any atom is -0.494 e. The molecule has 2 rings (SSSR count). The predicted molar refractivity (Wildman–Crippen MR) is 77.1 cm³/mol. The number of nitrogens with one attached hydrogen (secondary N) is 1. The van der Waals surface area contributed by atoms with Gasteiger partial charge in [-0.15, -0.1) is 5.10 Å². The highest BCUT2D eigenvalue weighted by Crippen LogP contribution is 2.23. The van der Waals surface area contributed by atoms with Gasteiger partial charge in [0.05, 0.1) is 12.3 Å². The fourth-order valence-corrected chi connectivity index (χ4v) is 1.77. The molecule has 0 unspecified atom stereocenters. The second-order valence-electron chi connectivity index (χ2n) is 4.33. The number of nitriles is 1. The molecule has 0 aliphatic rings. The molecule has 0 saturated carbocycles. The van der Waals surface area contributed by atoms with Crippen LogP contribution in [0.2, 0.25) is 0 Å². The number of aromatic nitrogens is 2. The number of hydrogen-bond acceptors (Lipinski definition) is 5. The third kappa shape index (κ3) is 2.86. The van der Waals surface area contributed by atoms with Crippen LogP contribution in [-0.2, 0) is 0 Å². The molecule has 0 aliphatic heterocycles. The lowest BCUT2D eigenvalue weighted by Crippen LogP contribution is -2.03. The quantitative estimate of drug-likeness (QED) is 0.922. The molecule has 5 heteroatoms. The van der Waals surface area contributed by atoms with Gasteiger partial charge in [0, 0.05) is 5.69 Å². The molecule has 1 aromatic heterocycles. The van der Waals surface area contributed by atoms with Crippen LogP contribution in [0.4, 0.5) is 11.5 Å². The summed E-state index contributed by atoms with van der Waals surface area (Å²) in [6.07, 6.45) is 0. The van der Waals surface area contributed by atoms with Crippen molar-refractivity contribution in [3.8, 4) is 11.8 Å². The van der Waals surface area contributed by atoms with E-state index in [-0.39, 0.29) is 0 Å². The van der Waals surface area contributed by atoms with Crippen LogP contribution in [0.15, 0.2) is 24.3 Å². The molecule has 0 atom stereocenters. The highest BCUT2D eigenvalue weighted by molar-refractivity contribution is 5.64. The number of hydrogen-bond donors (Lipinski definition) is 1. The molecular weight excluding hydrogens is 252 g/mol. The Morgan fingerprint density at radius 2 is 1.90 bits per heavy atom. The van der Waals surface area contributed by atoms with Gasteiger partial charge in [-0.25, -0.2) is 0 Å². The van der Waals surface area contributed by atoms with E-state index in [0.29, 0.717) is 18.0 Å². The first-order valence-corrected chi connectivity index (χ1v) is 6.39. The fourth-order valence-electron chi connectivity index (χ4n) is 1.77.